The third-order valence-corrected chi connectivity index (χ3v) is 3.65. The molecule has 1 saturated heterocycles. The number of amides is 1. The maximum Gasteiger partial charge on any atom is 0.221 e. The molecule has 2 atom stereocenters. The molecule has 4 nitrogen and oxygen atoms in total. The van der Waals surface area contributed by atoms with E-state index < -0.39 is 0 Å². The Morgan fingerprint density at radius 3 is 2.69 bits per heavy atom. The predicted molar refractivity (Wildman–Crippen MR) is 65.7 cm³/mol. The third kappa shape index (κ3) is 3.76. The first-order valence-corrected chi connectivity index (χ1v) is 6.26. The largest absolute Gasteiger partial charge is 0.369 e. The zero-order chi connectivity index (χ0) is 12.1. The van der Waals surface area contributed by atoms with Gasteiger partial charge in [-0.1, -0.05) is 13.8 Å². The minimum Gasteiger partial charge on any atom is -0.369 e. The molecule has 0 spiro atoms. The first-order valence-electron chi connectivity index (χ1n) is 6.26. The van der Waals surface area contributed by atoms with Crippen LogP contribution in [-0.4, -0.2) is 37.0 Å². The van der Waals surface area contributed by atoms with Crippen molar-refractivity contribution in [1.82, 2.24) is 4.90 Å². The number of carbonyl (C=O) groups is 1. The molecule has 1 amide bonds. The molecule has 0 radical (unpaired) electrons. The molecular weight excluding hydrogens is 202 g/mol. The van der Waals surface area contributed by atoms with Crippen molar-refractivity contribution >= 4 is 5.91 Å². The highest BCUT2D eigenvalue weighted by Gasteiger charge is 2.25. The van der Waals surface area contributed by atoms with Crippen molar-refractivity contribution in [3.8, 4) is 0 Å². The number of primary amides is 1. The fourth-order valence-corrected chi connectivity index (χ4v) is 2.34. The molecule has 1 rings (SSSR count). The number of piperidine rings is 1. The van der Waals surface area contributed by atoms with Crippen LogP contribution in [0.15, 0.2) is 0 Å². The van der Waals surface area contributed by atoms with Gasteiger partial charge in [-0.2, -0.15) is 0 Å². The molecule has 0 aromatic rings. The van der Waals surface area contributed by atoms with Crippen LogP contribution in [0, 0.1) is 17.8 Å². The van der Waals surface area contributed by atoms with Gasteiger partial charge >= 0.3 is 0 Å². The van der Waals surface area contributed by atoms with Gasteiger partial charge in [-0.3, -0.25) is 4.79 Å². The molecule has 0 bridgehead atoms. The van der Waals surface area contributed by atoms with Crippen LogP contribution in [0.1, 0.15) is 26.7 Å². The van der Waals surface area contributed by atoms with E-state index >= 15 is 0 Å². The Kier molecular flexibility index (Phi) is 5.22. The van der Waals surface area contributed by atoms with Gasteiger partial charge in [0.2, 0.25) is 5.91 Å². The van der Waals surface area contributed by atoms with Gasteiger partial charge in [-0.25, -0.2) is 0 Å². The molecule has 0 aromatic heterocycles. The highest BCUT2D eigenvalue weighted by Crippen LogP contribution is 2.19. The minimum atomic E-state index is -0.154. The maximum atomic E-state index is 11.2. The van der Waals surface area contributed by atoms with Crippen LogP contribution >= 0.6 is 0 Å². The number of nitrogens with two attached hydrogens (primary N) is 2. The van der Waals surface area contributed by atoms with Crippen LogP contribution in [0.25, 0.3) is 0 Å². The van der Waals surface area contributed by atoms with Crippen molar-refractivity contribution in [2.24, 2.45) is 29.2 Å². The summed E-state index contributed by atoms with van der Waals surface area (Å²) in [6.07, 6.45) is 2.02. The number of likely N-dealkylation sites (tertiary alicyclic amines) is 1. The molecule has 1 heterocycles. The van der Waals surface area contributed by atoms with Crippen LogP contribution in [0.4, 0.5) is 0 Å². The van der Waals surface area contributed by atoms with Gasteiger partial charge in [0, 0.05) is 13.1 Å². The molecule has 1 fully saturated rings. The standard InChI is InChI=1S/C12H25N3O/c1-9(2)11(6-13)8-15-5-3-4-10(7-15)12(14)16/h9-11H,3-8,13H2,1-2H3,(H2,14,16). The highest BCUT2D eigenvalue weighted by atomic mass is 16.1. The minimum absolute atomic E-state index is 0.0411. The van der Waals surface area contributed by atoms with Crippen molar-refractivity contribution in [3.05, 3.63) is 0 Å². The Morgan fingerprint density at radius 2 is 2.19 bits per heavy atom. The second kappa shape index (κ2) is 6.21. The van der Waals surface area contributed by atoms with Crippen LogP contribution < -0.4 is 11.5 Å². The third-order valence-electron chi connectivity index (χ3n) is 3.65. The summed E-state index contributed by atoms with van der Waals surface area (Å²) in [5.41, 5.74) is 11.1. The summed E-state index contributed by atoms with van der Waals surface area (Å²) in [6.45, 7) is 8.01. The first-order chi connectivity index (χ1) is 7.54. The van der Waals surface area contributed by atoms with E-state index in [4.69, 9.17) is 11.5 Å². The van der Waals surface area contributed by atoms with Gasteiger partial charge in [0.15, 0.2) is 0 Å². The van der Waals surface area contributed by atoms with Crippen LogP contribution in [-0.2, 0) is 4.79 Å². The highest BCUT2D eigenvalue weighted by molar-refractivity contribution is 5.76. The van der Waals surface area contributed by atoms with Gasteiger partial charge in [-0.15, -0.1) is 0 Å². The molecule has 1 aliphatic rings. The van der Waals surface area contributed by atoms with Crippen molar-refractivity contribution in [1.29, 1.82) is 0 Å². The Bertz CT molecular complexity index is 230. The summed E-state index contributed by atoms with van der Waals surface area (Å²) >= 11 is 0. The lowest BCUT2D eigenvalue weighted by Crippen LogP contribution is -2.44. The Morgan fingerprint density at radius 1 is 1.50 bits per heavy atom. The lowest BCUT2D eigenvalue weighted by molar-refractivity contribution is -0.123. The van der Waals surface area contributed by atoms with Crippen LogP contribution in [0.5, 0.6) is 0 Å². The van der Waals surface area contributed by atoms with Gasteiger partial charge in [0.1, 0.15) is 0 Å². The molecule has 1 aliphatic heterocycles. The van der Waals surface area contributed by atoms with Crippen molar-refractivity contribution in [2.45, 2.75) is 26.7 Å². The van der Waals surface area contributed by atoms with Crippen molar-refractivity contribution in [3.63, 3.8) is 0 Å². The van der Waals surface area contributed by atoms with E-state index in [1.807, 2.05) is 0 Å². The van der Waals surface area contributed by atoms with E-state index in [9.17, 15) is 4.79 Å². The quantitative estimate of drug-likeness (QED) is 0.714. The number of hydrogen-bond acceptors (Lipinski definition) is 3. The van der Waals surface area contributed by atoms with Crippen molar-refractivity contribution in [2.75, 3.05) is 26.2 Å². The Balaban J connectivity index is 2.44. The molecule has 4 N–H and O–H groups in total. The van der Waals surface area contributed by atoms with Crippen LogP contribution in [0.3, 0.4) is 0 Å². The summed E-state index contributed by atoms with van der Waals surface area (Å²) < 4.78 is 0. The lowest BCUT2D eigenvalue weighted by Gasteiger charge is -2.34. The molecule has 16 heavy (non-hydrogen) atoms. The Hall–Kier alpha value is -0.610. The van der Waals surface area contributed by atoms with Crippen molar-refractivity contribution < 1.29 is 4.79 Å². The number of nitrogens with zero attached hydrogens (tertiary/aromatic N) is 1. The zero-order valence-corrected chi connectivity index (χ0v) is 10.5. The van der Waals surface area contributed by atoms with E-state index in [0.29, 0.717) is 11.8 Å². The number of hydrogen-bond donors (Lipinski definition) is 2. The number of rotatable bonds is 5. The zero-order valence-electron chi connectivity index (χ0n) is 10.5. The molecule has 0 aliphatic carbocycles. The predicted octanol–water partition coefficient (Wildman–Crippen LogP) is 0.415. The fourth-order valence-electron chi connectivity index (χ4n) is 2.34. The lowest BCUT2D eigenvalue weighted by atomic mass is 9.92. The fraction of sp³-hybridized carbons (Fsp3) is 0.917. The normalized spacial score (nSPS) is 24.6. The van der Waals surface area contributed by atoms with E-state index in [1.165, 1.54) is 0 Å². The Labute approximate surface area is 98.3 Å². The SMILES string of the molecule is CC(C)C(CN)CN1CCCC(C(N)=O)C1. The van der Waals surface area contributed by atoms with E-state index in [0.717, 1.165) is 39.0 Å². The smallest absolute Gasteiger partial charge is 0.221 e. The molecule has 0 saturated carbocycles. The average molecular weight is 227 g/mol. The summed E-state index contributed by atoms with van der Waals surface area (Å²) in [4.78, 5) is 13.5. The number of carbonyl (C=O) groups excluding carboxylic acids is 1. The molecular formula is C12H25N3O. The maximum absolute atomic E-state index is 11.2. The summed E-state index contributed by atoms with van der Waals surface area (Å²) in [5.74, 6) is 1.00. The van der Waals surface area contributed by atoms with Gasteiger partial charge < -0.3 is 16.4 Å². The average Bonchev–Trinajstić information content (AvgIpc) is 2.25. The second-order valence-corrected chi connectivity index (χ2v) is 5.24. The van der Waals surface area contributed by atoms with Gasteiger partial charge in [0.05, 0.1) is 5.92 Å². The topological polar surface area (TPSA) is 72.3 Å². The molecule has 94 valence electrons. The van der Waals surface area contributed by atoms with E-state index in [1.54, 1.807) is 0 Å². The first kappa shape index (κ1) is 13.5. The van der Waals surface area contributed by atoms with Gasteiger partial charge in [0.25, 0.3) is 0 Å². The summed E-state index contributed by atoms with van der Waals surface area (Å²) in [7, 11) is 0. The van der Waals surface area contributed by atoms with Crippen LogP contribution in [0.2, 0.25) is 0 Å². The van der Waals surface area contributed by atoms with E-state index in [-0.39, 0.29) is 11.8 Å². The molecule has 2 unspecified atom stereocenters. The summed E-state index contributed by atoms with van der Waals surface area (Å²) in [6, 6.07) is 0. The second-order valence-electron chi connectivity index (χ2n) is 5.24. The molecule has 0 aromatic carbocycles. The van der Waals surface area contributed by atoms with Gasteiger partial charge in [-0.05, 0) is 37.8 Å². The van der Waals surface area contributed by atoms with E-state index in [2.05, 4.69) is 18.7 Å². The summed E-state index contributed by atoms with van der Waals surface area (Å²) in [5, 5.41) is 0. The monoisotopic (exact) mass is 227 g/mol. The molecule has 4 heteroatoms.